The van der Waals surface area contributed by atoms with Gasteiger partial charge in [-0.3, -0.25) is 0 Å². The Hall–Kier alpha value is -3.43. The zero-order valence-electron chi connectivity index (χ0n) is 19.6. The van der Waals surface area contributed by atoms with Gasteiger partial charge < -0.3 is 14.2 Å². The van der Waals surface area contributed by atoms with Crippen molar-refractivity contribution in [3.8, 4) is 11.5 Å². The van der Waals surface area contributed by atoms with Crippen molar-refractivity contribution >= 4 is 56.5 Å². The number of cyclic esters (lactones) is 1. The number of benzene rings is 4. The highest BCUT2D eigenvalue weighted by atomic mass is 127. The molecule has 0 atom stereocenters. The van der Waals surface area contributed by atoms with Crippen molar-refractivity contribution in [2.75, 3.05) is 0 Å². The maximum absolute atomic E-state index is 12.6. The molecule has 0 fully saturated rings. The average Bonchev–Trinajstić information content (AvgIpc) is 3.29. The monoisotopic (exact) mass is 665 g/mol. The molecule has 0 spiro atoms. The third-order valence-corrected chi connectivity index (χ3v) is 7.87. The molecule has 0 bridgehead atoms. The molecule has 1 aliphatic rings. The minimum Gasteiger partial charge on any atom is -0.485 e. The standard InChI is InChI=1S/C30H21BrINO4/c31-24-17-23(12-13-25(24)32)29-33-26(30(34)37-29)15-22-11-14-27(35-18-20-7-3-1-4-8-20)28(16-22)36-19-21-9-5-2-6-10-21/h1-17H,18-19H2/b26-15-. The van der Waals surface area contributed by atoms with Crippen LogP contribution in [0, 0.1) is 3.57 Å². The van der Waals surface area contributed by atoms with Gasteiger partial charge in [-0.25, -0.2) is 9.79 Å². The van der Waals surface area contributed by atoms with Gasteiger partial charge in [0.2, 0.25) is 5.90 Å². The van der Waals surface area contributed by atoms with E-state index in [2.05, 4.69) is 43.5 Å². The van der Waals surface area contributed by atoms with E-state index in [4.69, 9.17) is 14.2 Å². The predicted molar refractivity (Wildman–Crippen MR) is 155 cm³/mol. The van der Waals surface area contributed by atoms with E-state index in [1.807, 2.05) is 97.1 Å². The van der Waals surface area contributed by atoms with Gasteiger partial charge in [0.25, 0.3) is 0 Å². The third kappa shape index (κ3) is 6.47. The molecule has 0 radical (unpaired) electrons. The number of hydrogen-bond acceptors (Lipinski definition) is 5. The van der Waals surface area contributed by atoms with Crippen molar-refractivity contribution in [1.29, 1.82) is 0 Å². The van der Waals surface area contributed by atoms with Crippen LogP contribution < -0.4 is 9.47 Å². The van der Waals surface area contributed by atoms with E-state index < -0.39 is 5.97 Å². The molecule has 184 valence electrons. The van der Waals surface area contributed by atoms with Crippen molar-refractivity contribution < 1.29 is 19.0 Å². The Balaban J connectivity index is 1.41. The molecule has 0 N–H and O–H groups in total. The van der Waals surface area contributed by atoms with Crippen LogP contribution in [0.15, 0.2) is 112 Å². The summed E-state index contributed by atoms with van der Waals surface area (Å²) in [7, 11) is 0. The number of nitrogens with zero attached hydrogens (tertiary/aromatic N) is 1. The van der Waals surface area contributed by atoms with Gasteiger partial charge in [0.15, 0.2) is 17.2 Å². The minimum atomic E-state index is -0.499. The lowest BCUT2D eigenvalue weighted by atomic mass is 10.1. The van der Waals surface area contributed by atoms with Crippen LogP contribution in [-0.2, 0) is 22.7 Å². The molecule has 5 rings (SSSR count). The van der Waals surface area contributed by atoms with Crippen LogP contribution in [0.5, 0.6) is 11.5 Å². The number of carbonyl (C=O) groups is 1. The molecule has 5 nitrogen and oxygen atoms in total. The molecule has 0 saturated heterocycles. The Kier molecular flexibility index (Phi) is 8.01. The summed E-state index contributed by atoms with van der Waals surface area (Å²) in [6.45, 7) is 0.795. The summed E-state index contributed by atoms with van der Waals surface area (Å²) in [4.78, 5) is 17.0. The number of carbonyl (C=O) groups excluding carboxylic acids is 1. The second-order valence-electron chi connectivity index (χ2n) is 8.22. The van der Waals surface area contributed by atoms with Crippen LogP contribution in [0.2, 0.25) is 0 Å². The van der Waals surface area contributed by atoms with Crippen LogP contribution in [0.3, 0.4) is 0 Å². The summed E-state index contributed by atoms with van der Waals surface area (Å²) >= 11 is 5.73. The smallest absolute Gasteiger partial charge is 0.363 e. The van der Waals surface area contributed by atoms with Crippen molar-refractivity contribution in [3.05, 3.63) is 133 Å². The van der Waals surface area contributed by atoms with Gasteiger partial charge in [-0.2, -0.15) is 0 Å². The zero-order chi connectivity index (χ0) is 25.6. The summed E-state index contributed by atoms with van der Waals surface area (Å²) in [5, 5.41) is 0. The highest BCUT2D eigenvalue weighted by Crippen LogP contribution is 2.32. The Bertz CT molecular complexity index is 1490. The predicted octanol–water partition coefficient (Wildman–Crippen LogP) is 7.56. The van der Waals surface area contributed by atoms with E-state index in [0.717, 1.165) is 30.3 Å². The first kappa shape index (κ1) is 25.2. The summed E-state index contributed by atoms with van der Waals surface area (Å²) < 4.78 is 19.6. The number of rotatable bonds is 8. The van der Waals surface area contributed by atoms with E-state index in [0.29, 0.717) is 24.7 Å². The fourth-order valence-electron chi connectivity index (χ4n) is 3.64. The van der Waals surface area contributed by atoms with Crippen LogP contribution in [-0.4, -0.2) is 11.9 Å². The van der Waals surface area contributed by atoms with Crippen LogP contribution in [0.25, 0.3) is 6.08 Å². The number of esters is 1. The number of halogens is 2. The SMILES string of the molecule is O=C1OC(c2ccc(I)c(Br)c2)=N/C1=C\c1ccc(OCc2ccccc2)c(OCc2ccccc2)c1. The van der Waals surface area contributed by atoms with Gasteiger partial charge in [-0.1, -0.05) is 66.7 Å². The molecule has 1 heterocycles. The fourth-order valence-corrected chi connectivity index (χ4v) is 4.35. The second kappa shape index (κ2) is 11.7. The average molecular weight is 666 g/mol. The first-order valence-corrected chi connectivity index (χ1v) is 13.4. The fraction of sp³-hybridized carbons (Fsp3) is 0.0667. The van der Waals surface area contributed by atoms with Crippen molar-refractivity contribution in [3.63, 3.8) is 0 Å². The van der Waals surface area contributed by atoms with Crippen LogP contribution in [0.4, 0.5) is 0 Å². The van der Waals surface area contributed by atoms with E-state index >= 15 is 0 Å². The van der Waals surface area contributed by atoms with Gasteiger partial charge in [0.05, 0.1) is 0 Å². The minimum absolute atomic E-state index is 0.219. The Morgan fingerprint density at radius 2 is 1.46 bits per heavy atom. The highest BCUT2D eigenvalue weighted by molar-refractivity contribution is 14.1. The van der Waals surface area contributed by atoms with Gasteiger partial charge in [0.1, 0.15) is 13.2 Å². The maximum atomic E-state index is 12.6. The largest absolute Gasteiger partial charge is 0.485 e. The van der Waals surface area contributed by atoms with Crippen LogP contribution in [0.1, 0.15) is 22.3 Å². The first-order valence-electron chi connectivity index (χ1n) is 11.5. The van der Waals surface area contributed by atoms with Crippen molar-refractivity contribution in [2.24, 2.45) is 4.99 Å². The first-order chi connectivity index (χ1) is 18.0. The summed E-state index contributed by atoms with van der Waals surface area (Å²) in [5.74, 6) is 0.965. The summed E-state index contributed by atoms with van der Waals surface area (Å²) in [6.07, 6.45) is 1.69. The van der Waals surface area contributed by atoms with Crippen molar-refractivity contribution in [2.45, 2.75) is 13.2 Å². The number of aliphatic imine (C=N–C) groups is 1. The quantitative estimate of drug-likeness (QED) is 0.111. The van der Waals surface area contributed by atoms with Gasteiger partial charge in [0, 0.05) is 13.6 Å². The molecule has 0 amide bonds. The number of ether oxygens (including phenoxy) is 3. The summed E-state index contributed by atoms with van der Waals surface area (Å²) in [6, 6.07) is 31.1. The van der Waals surface area contributed by atoms with E-state index in [9.17, 15) is 4.79 Å². The molecule has 0 saturated carbocycles. The lowest BCUT2D eigenvalue weighted by Gasteiger charge is -2.14. The Morgan fingerprint density at radius 1 is 0.811 bits per heavy atom. The van der Waals surface area contributed by atoms with Crippen molar-refractivity contribution in [1.82, 2.24) is 0 Å². The molecule has 37 heavy (non-hydrogen) atoms. The van der Waals surface area contributed by atoms with E-state index in [1.165, 1.54) is 0 Å². The Morgan fingerprint density at radius 3 is 2.11 bits per heavy atom. The molecule has 0 aromatic heterocycles. The Labute approximate surface area is 237 Å². The summed E-state index contributed by atoms with van der Waals surface area (Å²) in [5.41, 5.74) is 3.78. The molecule has 7 heteroatoms. The molecule has 4 aromatic carbocycles. The topological polar surface area (TPSA) is 57.1 Å². The van der Waals surface area contributed by atoms with Gasteiger partial charge in [-0.15, -0.1) is 0 Å². The van der Waals surface area contributed by atoms with Gasteiger partial charge >= 0.3 is 5.97 Å². The second-order valence-corrected chi connectivity index (χ2v) is 10.2. The highest BCUT2D eigenvalue weighted by Gasteiger charge is 2.24. The van der Waals surface area contributed by atoms with Crippen LogP contribution >= 0.6 is 38.5 Å². The molecular weight excluding hydrogens is 645 g/mol. The lowest BCUT2D eigenvalue weighted by Crippen LogP contribution is -2.05. The van der Waals surface area contributed by atoms with E-state index in [1.54, 1.807) is 6.08 Å². The zero-order valence-corrected chi connectivity index (χ0v) is 23.3. The molecule has 0 aliphatic carbocycles. The molecule has 4 aromatic rings. The lowest BCUT2D eigenvalue weighted by molar-refractivity contribution is -0.129. The number of hydrogen-bond donors (Lipinski definition) is 0. The maximum Gasteiger partial charge on any atom is 0.363 e. The molecule has 1 aliphatic heterocycles. The molecular formula is C30H21BrINO4. The normalized spacial score (nSPS) is 13.8. The molecule has 0 unspecified atom stereocenters. The van der Waals surface area contributed by atoms with Gasteiger partial charge in [-0.05, 0) is 91.6 Å². The van der Waals surface area contributed by atoms with E-state index in [-0.39, 0.29) is 11.6 Å². The third-order valence-electron chi connectivity index (χ3n) is 5.53.